The predicted octanol–water partition coefficient (Wildman–Crippen LogP) is 4.28. The first-order valence-electron chi connectivity index (χ1n) is 8.06. The van der Waals surface area contributed by atoms with Crippen LogP contribution in [0.1, 0.15) is 10.4 Å². The van der Waals surface area contributed by atoms with Crippen LogP contribution in [0.4, 0.5) is 14.5 Å². The van der Waals surface area contributed by atoms with Crippen molar-refractivity contribution in [2.45, 2.75) is 0 Å². The molecule has 1 unspecified atom stereocenters. The summed E-state index contributed by atoms with van der Waals surface area (Å²) in [5.41, 5.74) is 1.47. The molecule has 7 nitrogen and oxygen atoms in total. The Hall–Kier alpha value is -2.73. The number of rotatable bonds is 5. The summed E-state index contributed by atoms with van der Waals surface area (Å²) < 4.78 is 43.4. The van der Waals surface area contributed by atoms with Crippen molar-refractivity contribution in [2.75, 3.05) is 11.4 Å². The molecule has 148 valence electrons. The molecule has 0 fully saturated rings. The van der Waals surface area contributed by atoms with E-state index >= 15 is 0 Å². The highest BCUT2D eigenvalue weighted by Crippen LogP contribution is 2.39. The van der Waals surface area contributed by atoms with Gasteiger partial charge in [0.2, 0.25) is 5.13 Å². The monoisotopic (exact) mass is 448 g/mol. The van der Waals surface area contributed by atoms with E-state index in [-0.39, 0.29) is 10.9 Å². The van der Waals surface area contributed by atoms with E-state index in [9.17, 15) is 17.9 Å². The van der Waals surface area contributed by atoms with Gasteiger partial charge in [-0.2, -0.15) is 0 Å². The second kappa shape index (κ2) is 7.95. The Balaban J connectivity index is 1.72. The van der Waals surface area contributed by atoms with Crippen LogP contribution in [0.25, 0.3) is 20.8 Å². The second-order valence-electron chi connectivity index (χ2n) is 5.69. The Labute approximate surface area is 174 Å². The van der Waals surface area contributed by atoms with E-state index in [0.717, 1.165) is 27.0 Å². The SMILES string of the molecule is COC(=O)c1ccc2sc(N(c3cnc(-c4ccc(F)cc4)s3)S(=O)[O-])nc2c1. The molecule has 2 heterocycles. The summed E-state index contributed by atoms with van der Waals surface area (Å²) >= 11 is -0.345. The van der Waals surface area contributed by atoms with E-state index in [1.807, 2.05) is 0 Å². The Morgan fingerprint density at radius 2 is 1.97 bits per heavy atom. The molecule has 2 aromatic carbocycles. The van der Waals surface area contributed by atoms with Gasteiger partial charge in [-0.3, -0.25) is 4.21 Å². The van der Waals surface area contributed by atoms with E-state index in [0.29, 0.717) is 31.4 Å². The molecular weight excluding hydrogens is 437 g/mol. The highest BCUT2D eigenvalue weighted by molar-refractivity contribution is 7.81. The minimum absolute atomic E-state index is 0.213. The number of methoxy groups -OCH3 is 1. The van der Waals surface area contributed by atoms with Crippen LogP contribution in [-0.2, 0) is 16.0 Å². The third-order valence-corrected chi connectivity index (χ3v) is 6.86. The van der Waals surface area contributed by atoms with Crippen molar-refractivity contribution in [3.63, 3.8) is 0 Å². The predicted molar refractivity (Wildman–Crippen MR) is 110 cm³/mol. The Kier molecular flexibility index (Phi) is 5.37. The van der Waals surface area contributed by atoms with Gasteiger partial charge in [0.1, 0.15) is 15.8 Å². The number of aromatic nitrogens is 2. The molecule has 0 amide bonds. The van der Waals surface area contributed by atoms with Gasteiger partial charge in [0, 0.05) is 5.56 Å². The number of fused-ring (bicyclic) bond motifs is 1. The minimum atomic E-state index is -2.64. The maximum atomic E-state index is 13.1. The number of halogens is 1. The molecule has 0 N–H and O–H groups in total. The van der Waals surface area contributed by atoms with Crippen molar-refractivity contribution in [1.29, 1.82) is 0 Å². The summed E-state index contributed by atoms with van der Waals surface area (Å²) in [5, 5.41) is 1.10. The molecule has 11 heteroatoms. The van der Waals surface area contributed by atoms with E-state index in [1.165, 1.54) is 25.4 Å². The number of carbonyl (C=O) groups is 1. The van der Waals surface area contributed by atoms with Crippen molar-refractivity contribution in [3.8, 4) is 10.6 Å². The summed E-state index contributed by atoms with van der Waals surface area (Å²) in [4.78, 5) is 20.3. The van der Waals surface area contributed by atoms with E-state index in [2.05, 4.69) is 9.97 Å². The lowest BCUT2D eigenvalue weighted by Gasteiger charge is -2.20. The highest BCUT2D eigenvalue weighted by atomic mass is 32.2. The molecule has 4 aromatic rings. The summed E-state index contributed by atoms with van der Waals surface area (Å²) in [6, 6.07) is 10.6. The third kappa shape index (κ3) is 3.90. The molecule has 0 radical (unpaired) electrons. The molecule has 0 saturated carbocycles. The van der Waals surface area contributed by atoms with Crippen molar-refractivity contribution in [2.24, 2.45) is 0 Å². The summed E-state index contributed by atoms with van der Waals surface area (Å²) in [7, 11) is 1.28. The van der Waals surface area contributed by atoms with Gasteiger partial charge in [-0.25, -0.2) is 23.5 Å². The quantitative estimate of drug-likeness (QED) is 0.334. The largest absolute Gasteiger partial charge is 0.755 e. The van der Waals surface area contributed by atoms with Crippen LogP contribution in [0.3, 0.4) is 0 Å². The van der Waals surface area contributed by atoms with Gasteiger partial charge in [0.25, 0.3) is 0 Å². The van der Waals surface area contributed by atoms with Crippen molar-refractivity contribution < 1.29 is 22.7 Å². The van der Waals surface area contributed by atoms with Gasteiger partial charge in [-0.05, 0) is 42.5 Å². The summed E-state index contributed by atoms with van der Waals surface area (Å²) in [6.45, 7) is 0. The number of nitrogens with zero attached hydrogens (tertiary/aromatic N) is 3. The summed E-state index contributed by atoms with van der Waals surface area (Å²) in [5.74, 6) is -0.870. The van der Waals surface area contributed by atoms with Crippen LogP contribution in [0.2, 0.25) is 0 Å². The third-order valence-electron chi connectivity index (χ3n) is 3.91. The van der Waals surface area contributed by atoms with Crippen LogP contribution in [-0.4, -0.2) is 31.8 Å². The van der Waals surface area contributed by atoms with Gasteiger partial charge in [0.05, 0.1) is 40.4 Å². The molecule has 0 bridgehead atoms. The van der Waals surface area contributed by atoms with Crippen molar-refractivity contribution in [3.05, 3.63) is 60.0 Å². The maximum Gasteiger partial charge on any atom is 0.337 e. The fourth-order valence-electron chi connectivity index (χ4n) is 2.56. The van der Waals surface area contributed by atoms with Crippen LogP contribution < -0.4 is 4.31 Å². The molecule has 0 aliphatic rings. The van der Waals surface area contributed by atoms with Crippen LogP contribution in [0, 0.1) is 5.82 Å². The number of anilines is 2. The molecule has 0 saturated heterocycles. The number of thiazole rings is 2. The zero-order valence-corrected chi connectivity index (χ0v) is 17.1. The number of carbonyl (C=O) groups excluding carboxylic acids is 1. The molecule has 0 aliphatic heterocycles. The molecule has 2 aromatic heterocycles. The normalized spacial score (nSPS) is 12.1. The Bertz CT molecular complexity index is 1220. The number of esters is 1. The maximum absolute atomic E-state index is 13.1. The van der Waals surface area contributed by atoms with Gasteiger partial charge >= 0.3 is 5.97 Å². The van der Waals surface area contributed by atoms with Gasteiger partial charge in [0.15, 0.2) is 0 Å². The Morgan fingerprint density at radius 1 is 1.21 bits per heavy atom. The number of benzene rings is 2. The van der Waals surface area contributed by atoms with Crippen molar-refractivity contribution in [1.82, 2.24) is 9.97 Å². The van der Waals surface area contributed by atoms with Gasteiger partial charge < -0.3 is 9.29 Å². The average molecular weight is 449 g/mol. The smallest absolute Gasteiger partial charge is 0.337 e. The molecule has 29 heavy (non-hydrogen) atoms. The lowest BCUT2D eigenvalue weighted by atomic mass is 10.2. The van der Waals surface area contributed by atoms with Crippen LogP contribution in [0.5, 0.6) is 0 Å². The first kappa shape index (κ1) is 19.6. The molecular formula is C18H11FN3O4S3-. The highest BCUT2D eigenvalue weighted by Gasteiger charge is 2.19. The molecule has 0 aliphatic carbocycles. The zero-order chi connectivity index (χ0) is 20.5. The Morgan fingerprint density at radius 3 is 2.66 bits per heavy atom. The molecule has 0 spiro atoms. The number of hydrogen-bond acceptors (Lipinski definition) is 8. The van der Waals surface area contributed by atoms with Gasteiger partial charge in [-0.15, -0.1) is 0 Å². The van der Waals surface area contributed by atoms with Crippen LogP contribution in [0.15, 0.2) is 48.7 Å². The topological polar surface area (TPSA) is 95.5 Å². The fraction of sp³-hybridized carbons (Fsp3) is 0.0556. The van der Waals surface area contributed by atoms with E-state index in [4.69, 9.17) is 4.74 Å². The second-order valence-corrected chi connectivity index (χ2v) is 8.51. The molecule has 4 rings (SSSR count). The lowest BCUT2D eigenvalue weighted by Crippen LogP contribution is -2.18. The standard InChI is InChI=1S/C18H12FN3O4S3/c1-26-17(23)11-4-7-14-13(8-11)21-18(27-14)22(29(24)25)15-9-20-16(28-15)10-2-5-12(19)6-3-10/h2-9H,1H3,(H,24,25)/p-1. The lowest BCUT2D eigenvalue weighted by molar-refractivity contribution is 0.0601. The van der Waals surface area contributed by atoms with Crippen LogP contribution >= 0.6 is 22.7 Å². The number of hydrogen-bond donors (Lipinski definition) is 0. The van der Waals surface area contributed by atoms with Gasteiger partial charge in [-0.1, -0.05) is 22.7 Å². The minimum Gasteiger partial charge on any atom is -0.755 e. The van der Waals surface area contributed by atoms with E-state index in [1.54, 1.807) is 30.3 Å². The van der Waals surface area contributed by atoms with Crippen molar-refractivity contribution >= 4 is 60.3 Å². The average Bonchev–Trinajstić information content (AvgIpc) is 3.34. The van der Waals surface area contributed by atoms with E-state index < -0.39 is 17.2 Å². The first-order valence-corrected chi connectivity index (χ1v) is 10.7. The fourth-order valence-corrected chi connectivity index (χ4v) is 5.27. The molecule has 1 atom stereocenters. The number of ether oxygens (including phenoxy) is 1. The zero-order valence-electron chi connectivity index (χ0n) is 14.7. The first-order chi connectivity index (χ1) is 14.0. The summed E-state index contributed by atoms with van der Waals surface area (Å²) in [6.07, 6.45) is 1.42.